The van der Waals surface area contributed by atoms with Gasteiger partial charge in [-0.05, 0) is 19.8 Å². The van der Waals surface area contributed by atoms with Gasteiger partial charge in [0.1, 0.15) is 4.90 Å². The number of aromatic nitrogens is 2. The Balaban J connectivity index is 2.14. The van der Waals surface area contributed by atoms with Crippen LogP contribution in [0.2, 0.25) is 0 Å². The molecule has 0 bridgehead atoms. The molecule has 0 aliphatic carbocycles. The average Bonchev–Trinajstić information content (AvgIpc) is 2.85. The Morgan fingerprint density at radius 1 is 1.55 bits per heavy atom. The Labute approximate surface area is 116 Å². The predicted molar refractivity (Wildman–Crippen MR) is 68.6 cm³/mol. The van der Waals surface area contributed by atoms with Crippen molar-refractivity contribution in [3.8, 4) is 0 Å². The summed E-state index contributed by atoms with van der Waals surface area (Å²) < 4.78 is 31.8. The second-order valence-electron chi connectivity index (χ2n) is 4.88. The summed E-state index contributed by atoms with van der Waals surface area (Å²) in [6, 6.07) is 0. The van der Waals surface area contributed by atoms with Crippen molar-refractivity contribution in [3.63, 3.8) is 0 Å². The second kappa shape index (κ2) is 5.51. The zero-order valence-corrected chi connectivity index (χ0v) is 11.9. The quantitative estimate of drug-likeness (QED) is 0.697. The van der Waals surface area contributed by atoms with Crippen LogP contribution in [0.4, 0.5) is 0 Å². The number of H-pyrrole nitrogens is 1. The lowest BCUT2D eigenvalue weighted by molar-refractivity contribution is -0.154. The van der Waals surface area contributed by atoms with Crippen molar-refractivity contribution in [1.82, 2.24) is 14.9 Å². The lowest BCUT2D eigenvalue weighted by Crippen LogP contribution is -2.46. The molecule has 0 spiro atoms. The molecule has 1 aliphatic rings. The standard InChI is InChI=1S/C11H17N3O5S/c1-8-9(6-12-14-8)20(17,18)13-7-11(10(15)16)2-4-19-5-3-11/h6,13H,2-5,7H2,1H3,(H,12,14)(H,15,16). The van der Waals surface area contributed by atoms with Crippen molar-refractivity contribution < 1.29 is 23.1 Å². The van der Waals surface area contributed by atoms with E-state index in [0.717, 1.165) is 0 Å². The molecule has 1 aromatic heterocycles. The highest BCUT2D eigenvalue weighted by molar-refractivity contribution is 7.89. The van der Waals surface area contributed by atoms with E-state index >= 15 is 0 Å². The van der Waals surface area contributed by atoms with E-state index in [9.17, 15) is 18.3 Å². The largest absolute Gasteiger partial charge is 0.481 e. The number of nitrogens with zero attached hydrogens (tertiary/aromatic N) is 1. The molecule has 2 rings (SSSR count). The first-order valence-electron chi connectivity index (χ1n) is 6.18. The third kappa shape index (κ3) is 2.84. The topological polar surface area (TPSA) is 121 Å². The minimum Gasteiger partial charge on any atom is -0.481 e. The van der Waals surface area contributed by atoms with Crippen molar-refractivity contribution in [2.45, 2.75) is 24.7 Å². The van der Waals surface area contributed by atoms with E-state index in [1.165, 1.54) is 6.20 Å². The molecule has 8 nitrogen and oxygen atoms in total. The number of hydrogen-bond acceptors (Lipinski definition) is 5. The van der Waals surface area contributed by atoms with Gasteiger partial charge in [-0.2, -0.15) is 5.10 Å². The number of sulfonamides is 1. The van der Waals surface area contributed by atoms with Gasteiger partial charge in [0.25, 0.3) is 0 Å². The van der Waals surface area contributed by atoms with Crippen molar-refractivity contribution in [1.29, 1.82) is 0 Å². The molecule has 0 unspecified atom stereocenters. The number of nitrogens with one attached hydrogen (secondary N) is 2. The van der Waals surface area contributed by atoms with Crippen LogP contribution < -0.4 is 4.72 Å². The molecule has 1 aromatic rings. The van der Waals surface area contributed by atoms with E-state index in [4.69, 9.17) is 4.74 Å². The van der Waals surface area contributed by atoms with Gasteiger partial charge in [0.15, 0.2) is 0 Å². The molecule has 0 aromatic carbocycles. The molecule has 1 aliphatic heterocycles. The fourth-order valence-corrected chi connectivity index (χ4v) is 3.41. The first-order chi connectivity index (χ1) is 9.37. The van der Waals surface area contributed by atoms with Crippen molar-refractivity contribution >= 4 is 16.0 Å². The lowest BCUT2D eigenvalue weighted by Gasteiger charge is -2.32. The average molecular weight is 303 g/mol. The summed E-state index contributed by atoms with van der Waals surface area (Å²) in [5, 5.41) is 15.6. The van der Waals surface area contributed by atoms with Gasteiger partial charge in [0, 0.05) is 19.8 Å². The summed E-state index contributed by atoms with van der Waals surface area (Å²) in [5.41, 5.74) is -0.697. The molecule has 0 amide bonds. The fraction of sp³-hybridized carbons (Fsp3) is 0.636. The van der Waals surface area contributed by atoms with Crippen LogP contribution in [0, 0.1) is 12.3 Å². The highest BCUT2D eigenvalue weighted by Gasteiger charge is 2.41. The van der Waals surface area contributed by atoms with Crippen molar-refractivity contribution in [2.75, 3.05) is 19.8 Å². The first kappa shape index (κ1) is 14.9. The summed E-state index contributed by atoms with van der Waals surface area (Å²) in [5.74, 6) is -1.01. The maximum Gasteiger partial charge on any atom is 0.311 e. The summed E-state index contributed by atoms with van der Waals surface area (Å²) in [4.78, 5) is 11.5. The van der Waals surface area contributed by atoms with Crippen LogP contribution in [-0.4, -0.2) is 49.4 Å². The highest BCUT2D eigenvalue weighted by Crippen LogP contribution is 2.30. The van der Waals surface area contributed by atoms with Gasteiger partial charge in [-0.25, -0.2) is 13.1 Å². The Bertz CT molecular complexity index is 589. The Morgan fingerprint density at radius 3 is 2.70 bits per heavy atom. The molecule has 20 heavy (non-hydrogen) atoms. The third-order valence-electron chi connectivity index (χ3n) is 3.58. The lowest BCUT2D eigenvalue weighted by atomic mass is 9.80. The smallest absolute Gasteiger partial charge is 0.311 e. The Hall–Kier alpha value is -1.45. The number of carbonyl (C=O) groups is 1. The molecule has 2 heterocycles. The zero-order chi connectivity index (χ0) is 14.8. The number of hydrogen-bond donors (Lipinski definition) is 3. The van der Waals surface area contributed by atoms with E-state index in [1.807, 2.05) is 0 Å². The molecule has 0 radical (unpaired) electrons. The summed E-state index contributed by atoms with van der Waals surface area (Å²) in [6.45, 7) is 2.07. The summed E-state index contributed by atoms with van der Waals surface area (Å²) in [7, 11) is -3.77. The normalized spacial score (nSPS) is 18.9. The number of carboxylic acid groups (broad SMARTS) is 1. The van der Waals surface area contributed by atoms with Crippen molar-refractivity contribution in [2.24, 2.45) is 5.41 Å². The number of aliphatic carboxylic acids is 1. The fourth-order valence-electron chi connectivity index (χ4n) is 2.15. The Morgan fingerprint density at radius 2 is 2.20 bits per heavy atom. The van der Waals surface area contributed by atoms with Crippen LogP contribution in [0.3, 0.4) is 0 Å². The van der Waals surface area contributed by atoms with Gasteiger partial charge in [-0.3, -0.25) is 9.89 Å². The van der Waals surface area contributed by atoms with Gasteiger partial charge in [-0.15, -0.1) is 0 Å². The minimum absolute atomic E-state index is 0.0325. The molecular formula is C11H17N3O5S. The molecule has 0 atom stereocenters. The number of aromatic amines is 1. The molecule has 9 heteroatoms. The van der Waals surface area contributed by atoms with Crippen LogP contribution in [-0.2, 0) is 19.6 Å². The number of rotatable bonds is 5. The van der Waals surface area contributed by atoms with Gasteiger partial charge in [0.05, 0.1) is 17.3 Å². The van der Waals surface area contributed by atoms with Crippen LogP contribution in [0.25, 0.3) is 0 Å². The van der Waals surface area contributed by atoms with Gasteiger partial charge >= 0.3 is 5.97 Å². The third-order valence-corrected chi connectivity index (χ3v) is 5.09. The summed E-state index contributed by atoms with van der Waals surface area (Å²) >= 11 is 0. The van der Waals surface area contributed by atoms with Crippen molar-refractivity contribution in [3.05, 3.63) is 11.9 Å². The van der Waals surface area contributed by atoms with E-state index in [-0.39, 0.29) is 24.3 Å². The number of ether oxygens (including phenoxy) is 1. The SMILES string of the molecule is Cc1[nH]ncc1S(=O)(=O)NCC1(C(=O)O)CCOCC1. The zero-order valence-electron chi connectivity index (χ0n) is 11.0. The second-order valence-corrected chi connectivity index (χ2v) is 6.62. The van der Waals surface area contributed by atoms with Crippen LogP contribution in [0.15, 0.2) is 11.1 Å². The van der Waals surface area contributed by atoms with Gasteiger partial charge in [-0.1, -0.05) is 0 Å². The highest BCUT2D eigenvalue weighted by atomic mass is 32.2. The van der Waals surface area contributed by atoms with Crippen LogP contribution >= 0.6 is 0 Å². The molecule has 3 N–H and O–H groups in total. The minimum atomic E-state index is -3.77. The van der Waals surface area contributed by atoms with Gasteiger partial charge in [0.2, 0.25) is 10.0 Å². The van der Waals surface area contributed by atoms with Crippen LogP contribution in [0.1, 0.15) is 18.5 Å². The number of aryl methyl sites for hydroxylation is 1. The van der Waals surface area contributed by atoms with E-state index in [0.29, 0.717) is 18.9 Å². The number of carboxylic acids is 1. The maximum absolute atomic E-state index is 12.1. The monoisotopic (exact) mass is 303 g/mol. The van der Waals surface area contributed by atoms with E-state index in [2.05, 4.69) is 14.9 Å². The Kier molecular flexibility index (Phi) is 4.11. The molecule has 1 fully saturated rings. The molecule has 112 valence electrons. The first-order valence-corrected chi connectivity index (χ1v) is 7.66. The maximum atomic E-state index is 12.1. The molecule has 0 saturated carbocycles. The predicted octanol–water partition coefficient (Wildman–Crippen LogP) is -0.122. The van der Waals surface area contributed by atoms with E-state index in [1.54, 1.807) is 6.92 Å². The molecular weight excluding hydrogens is 286 g/mol. The van der Waals surface area contributed by atoms with Crippen LogP contribution in [0.5, 0.6) is 0 Å². The van der Waals surface area contributed by atoms with Gasteiger partial charge < -0.3 is 9.84 Å². The van der Waals surface area contributed by atoms with E-state index < -0.39 is 21.4 Å². The summed E-state index contributed by atoms with van der Waals surface area (Å²) in [6.07, 6.45) is 1.78. The molecule has 1 saturated heterocycles.